The number of ether oxygens (including phenoxy) is 2. The molecule has 1 aromatic heterocycles. The molecule has 28 heavy (non-hydrogen) atoms. The monoisotopic (exact) mass is 391 g/mol. The van der Waals surface area contributed by atoms with E-state index in [-0.39, 0.29) is 28.1 Å². The molecule has 2 N–H and O–H groups in total. The summed E-state index contributed by atoms with van der Waals surface area (Å²) in [6, 6.07) is 8.81. The quantitative estimate of drug-likeness (QED) is 0.710. The minimum atomic E-state index is -5.16. The number of fused-ring (bicyclic) bond motifs is 1. The van der Waals surface area contributed by atoms with E-state index in [1.807, 2.05) is 6.07 Å². The first-order valence-electron chi connectivity index (χ1n) is 8.08. The predicted molar refractivity (Wildman–Crippen MR) is 94.1 cm³/mol. The second-order valence-corrected chi connectivity index (χ2v) is 6.18. The van der Waals surface area contributed by atoms with Gasteiger partial charge in [0.2, 0.25) is 0 Å². The number of aromatic nitrogens is 2. The first kappa shape index (κ1) is 19.5. The van der Waals surface area contributed by atoms with Crippen LogP contribution in [0.15, 0.2) is 30.3 Å². The lowest BCUT2D eigenvalue weighted by molar-refractivity contribution is -0.251. The minimum Gasteiger partial charge on any atom is -0.496 e. The van der Waals surface area contributed by atoms with Crippen molar-refractivity contribution in [3.8, 4) is 17.6 Å². The zero-order valence-electron chi connectivity index (χ0n) is 15.2. The highest BCUT2D eigenvalue weighted by atomic mass is 19.4. The van der Waals surface area contributed by atoms with E-state index in [2.05, 4.69) is 9.97 Å². The van der Waals surface area contributed by atoms with Crippen LogP contribution in [0.2, 0.25) is 0 Å². The smallest absolute Gasteiger partial charge is 0.429 e. The van der Waals surface area contributed by atoms with E-state index in [0.29, 0.717) is 5.56 Å². The first-order valence-corrected chi connectivity index (χ1v) is 8.08. The number of aryl methyl sites for hydroxylation is 1. The van der Waals surface area contributed by atoms with Gasteiger partial charge in [-0.3, -0.25) is 0 Å². The number of nitrogens with zero attached hydrogens (tertiary/aromatic N) is 2. The number of nitrogens with one attached hydrogen (secondary N) is 1. The number of aromatic amines is 1. The molecular weight excluding hydrogens is 375 g/mol. The van der Waals surface area contributed by atoms with Crippen molar-refractivity contribution in [3.63, 3.8) is 0 Å². The average Bonchev–Trinajstić information content (AvgIpc) is 3.09. The number of hydrogen-bond donors (Lipinski definition) is 2. The SMILES string of the molecule is COc1cc(C)cc(OC)c1C(O)(c1nc2ccc(C#N)cc2[nH]1)C(F)(F)F. The molecule has 0 fully saturated rings. The second-order valence-electron chi connectivity index (χ2n) is 6.18. The van der Waals surface area contributed by atoms with Crippen molar-refractivity contribution in [2.24, 2.45) is 0 Å². The number of nitriles is 1. The highest BCUT2D eigenvalue weighted by Gasteiger charge is 2.61. The molecule has 2 aromatic carbocycles. The van der Waals surface area contributed by atoms with Gasteiger partial charge in [-0.1, -0.05) is 0 Å². The molecule has 1 heterocycles. The fraction of sp³-hybridized carbons (Fsp3) is 0.263. The van der Waals surface area contributed by atoms with E-state index in [0.717, 1.165) is 0 Å². The van der Waals surface area contributed by atoms with Crippen LogP contribution >= 0.6 is 0 Å². The summed E-state index contributed by atoms with van der Waals surface area (Å²) in [5.41, 5.74) is -2.98. The van der Waals surface area contributed by atoms with E-state index < -0.39 is 23.2 Å². The van der Waals surface area contributed by atoms with Crippen LogP contribution in [-0.4, -0.2) is 35.5 Å². The third kappa shape index (κ3) is 2.92. The van der Waals surface area contributed by atoms with Gasteiger partial charge in [0.15, 0.2) is 5.82 Å². The van der Waals surface area contributed by atoms with Crippen LogP contribution in [0.1, 0.15) is 22.5 Å². The van der Waals surface area contributed by atoms with Gasteiger partial charge >= 0.3 is 6.18 Å². The van der Waals surface area contributed by atoms with Gasteiger partial charge in [-0.25, -0.2) is 4.98 Å². The number of halogens is 3. The second kappa shape index (κ2) is 6.73. The Labute approximate surface area is 158 Å². The summed E-state index contributed by atoms with van der Waals surface area (Å²) in [6.45, 7) is 1.66. The van der Waals surface area contributed by atoms with Crippen molar-refractivity contribution < 1.29 is 27.8 Å². The molecule has 0 bridgehead atoms. The molecule has 1 atom stereocenters. The van der Waals surface area contributed by atoms with Crippen molar-refractivity contribution in [2.75, 3.05) is 14.2 Å². The van der Waals surface area contributed by atoms with Crippen molar-refractivity contribution in [1.29, 1.82) is 5.26 Å². The number of rotatable bonds is 4. The van der Waals surface area contributed by atoms with Gasteiger partial charge < -0.3 is 19.6 Å². The van der Waals surface area contributed by atoms with Crippen molar-refractivity contribution in [2.45, 2.75) is 18.7 Å². The van der Waals surface area contributed by atoms with Crippen molar-refractivity contribution in [3.05, 3.63) is 52.8 Å². The van der Waals surface area contributed by atoms with Crippen LogP contribution in [0.25, 0.3) is 11.0 Å². The molecule has 3 rings (SSSR count). The van der Waals surface area contributed by atoms with Gasteiger partial charge in [0.25, 0.3) is 5.60 Å². The van der Waals surface area contributed by atoms with Gasteiger partial charge in [-0.15, -0.1) is 0 Å². The molecule has 3 aromatic rings. The lowest BCUT2D eigenvalue weighted by atomic mass is 9.89. The van der Waals surface area contributed by atoms with Crippen LogP contribution in [0.3, 0.4) is 0 Å². The summed E-state index contributed by atoms with van der Waals surface area (Å²) in [6.07, 6.45) is -5.16. The van der Waals surface area contributed by atoms with Crippen LogP contribution in [-0.2, 0) is 5.60 Å². The summed E-state index contributed by atoms with van der Waals surface area (Å²) in [4.78, 5) is 6.42. The lowest BCUT2D eigenvalue weighted by Gasteiger charge is -2.31. The van der Waals surface area contributed by atoms with E-state index in [4.69, 9.17) is 14.7 Å². The van der Waals surface area contributed by atoms with E-state index >= 15 is 0 Å². The van der Waals surface area contributed by atoms with Gasteiger partial charge in [0, 0.05) is 0 Å². The number of alkyl halides is 3. The topological polar surface area (TPSA) is 91.2 Å². The molecule has 9 heteroatoms. The van der Waals surface area contributed by atoms with E-state index in [1.54, 1.807) is 6.92 Å². The van der Waals surface area contributed by atoms with Crippen LogP contribution in [0.5, 0.6) is 11.5 Å². The summed E-state index contributed by atoms with van der Waals surface area (Å²) in [5, 5.41) is 20.0. The van der Waals surface area contributed by atoms with Crippen molar-refractivity contribution >= 4 is 11.0 Å². The Morgan fingerprint density at radius 3 is 2.21 bits per heavy atom. The molecule has 0 aliphatic rings. The lowest BCUT2D eigenvalue weighted by Crippen LogP contribution is -2.45. The van der Waals surface area contributed by atoms with Gasteiger partial charge in [-0.2, -0.15) is 18.4 Å². The normalized spacial score (nSPS) is 13.8. The van der Waals surface area contributed by atoms with E-state index in [9.17, 15) is 18.3 Å². The van der Waals surface area contributed by atoms with Crippen LogP contribution < -0.4 is 9.47 Å². The molecular formula is C19H16F3N3O3. The number of aliphatic hydroxyl groups is 1. The Morgan fingerprint density at radius 1 is 1.11 bits per heavy atom. The molecule has 0 spiro atoms. The maximum Gasteiger partial charge on any atom is 0.429 e. The molecule has 1 unspecified atom stereocenters. The Hall–Kier alpha value is -3.25. The third-order valence-corrected chi connectivity index (χ3v) is 4.38. The first-order chi connectivity index (χ1) is 13.1. The van der Waals surface area contributed by atoms with Crippen LogP contribution in [0, 0.1) is 18.3 Å². The van der Waals surface area contributed by atoms with Crippen molar-refractivity contribution in [1.82, 2.24) is 9.97 Å². The fourth-order valence-corrected chi connectivity index (χ4v) is 3.04. The molecule has 0 aliphatic carbocycles. The number of hydrogen-bond acceptors (Lipinski definition) is 5. The summed E-state index contributed by atoms with van der Waals surface area (Å²) in [5.74, 6) is -1.16. The number of H-pyrrole nitrogens is 1. The predicted octanol–water partition coefficient (Wildman–Crippen LogP) is 3.56. The zero-order valence-corrected chi connectivity index (χ0v) is 15.2. The minimum absolute atomic E-state index is 0.168. The van der Waals surface area contributed by atoms with E-state index in [1.165, 1.54) is 44.6 Å². The molecule has 0 radical (unpaired) electrons. The Morgan fingerprint density at radius 2 is 1.71 bits per heavy atom. The highest BCUT2D eigenvalue weighted by Crippen LogP contribution is 2.50. The number of methoxy groups -OCH3 is 2. The summed E-state index contributed by atoms with van der Waals surface area (Å²) >= 11 is 0. The standard InChI is InChI=1S/C19H16F3N3O3/c1-10-6-14(27-2)16(15(7-10)28-3)18(26,19(20,21)22)17-24-12-5-4-11(9-23)8-13(12)25-17/h4-8,26H,1-3H3,(H,24,25). The molecule has 0 saturated heterocycles. The summed E-state index contributed by atoms with van der Waals surface area (Å²) < 4.78 is 52.9. The van der Waals surface area contributed by atoms with Gasteiger partial charge in [0.05, 0.1) is 42.4 Å². The number of benzene rings is 2. The Bertz CT molecular complexity index is 1060. The zero-order chi connectivity index (χ0) is 20.7. The maximum absolute atomic E-state index is 14.2. The molecule has 0 saturated carbocycles. The molecule has 0 amide bonds. The molecule has 6 nitrogen and oxygen atoms in total. The largest absolute Gasteiger partial charge is 0.496 e. The molecule has 146 valence electrons. The van der Waals surface area contributed by atoms with Gasteiger partial charge in [0.1, 0.15) is 11.5 Å². The van der Waals surface area contributed by atoms with Gasteiger partial charge in [-0.05, 0) is 42.8 Å². The Balaban J connectivity index is 2.37. The average molecular weight is 391 g/mol. The third-order valence-electron chi connectivity index (χ3n) is 4.38. The fourth-order valence-electron chi connectivity index (χ4n) is 3.04. The highest BCUT2D eigenvalue weighted by molar-refractivity contribution is 5.77. The summed E-state index contributed by atoms with van der Waals surface area (Å²) in [7, 11) is 2.40. The van der Waals surface area contributed by atoms with Crippen LogP contribution in [0.4, 0.5) is 13.2 Å². The maximum atomic E-state index is 14.2. The number of imidazole rings is 1. The Kier molecular flexibility index (Phi) is 4.69. The molecule has 0 aliphatic heterocycles.